The zero-order valence-electron chi connectivity index (χ0n) is 10.3. The van der Waals surface area contributed by atoms with Crippen molar-refractivity contribution in [3.8, 4) is 0 Å². The summed E-state index contributed by atoms with van der Waals surface area (Å²) in [5, 5.41) is 5.99. The van der Waals surface area contributed by atoms with E-state index >= 15 is 0 Å². The van der Waals surface area contributed by atoms with Crippen molar-refractivity contribution in [3.05, 3.63) is 29.6 Å². The van der Waals surface area contributed by atoms with Gasteiger partial charge in [0.05, 0.1) is 0 Å². The molecule has 1 atom stereocenters. The highest BCUT2D eigenvalue weighted by Gasteiger charge is 2.18. The molecular weight excluding hydrogens is 255 g/mol. The van der Waals surface area contributed by atoms with Crippen molar-refractivity contribution < 1.29 is 9.18 Å². The molecular formula is C13H18ClFN2O. The summed E-state index contributed by atoms with van der Waals surface area (Å²) in [6.45, 7) is 3.55. The molecule has 1 heterocycles. The van der Waals surface area contributed by atoms with Gasteiger partial charge in [-0.1, -0.05) is 6.07 Å². The van der Waals surface area contributed by atoms with Crippen LogP contribution in [0.1, 0.15) is 18.4 Å². The molecule has 2 rings (SSSR count). The van der Waals surface area contributed by atoms with Crippen LogP contribution in [0.5, 0.6) is 0 Å². The Morgan fingerprint density at radius 2 is 2.33 bits per heavy atom. The Labute approximate surface area is 113 Å². The van der Waals surface area contributed by atoms with Crippen LogP contribution in [0.4, 0.5) is 10.1 Å². The van der Waals surface area contributed by atoms with E-state index in [0.29, 0.717) is 23.6 Å². The van der Waals surface area contributed by atoms with Gasteiger partial charge in [-0.05, 0) is 44.5 Å². The number of halogens is 2. The fourth-order valence-electron chi connectivity index (χ4n) is 2.09. The van der Waals surface area contributed by atoms with Crippen LogP contribution in [0.2, 0.25) is 0 Å². The highest BCUT2D eigenvalue weighted by Crippen LogP contribution is 2.19. The lowest BCUT2D eigenvalue weighted by Crippen LogP contribution is -2.18. The Hall–Kier alpha value is -1.13. The number of carbonyl (C=O) groups excluding carboxylic acids is 1. The first-order valence-corrected chi connectivity index (χ1v) is 5.92. The zero-order valence-corrected chi connectivity index (χ0v) is 11.1. The molecule has 1 amide bonds. The standard InChI is InChI=1S/C13H17FN2O.ClH/c1-9-11(14)3-2-4-12(9)16-13(17)7-10-5-6-15-8-10;/h2-4,10,15H,5-8H2,1H3,(H,16,17);1H. The van der Waals surface area contributed by atoms with Crippen LogP contribution in [-0.4, -0.2) is 19.0 Å². The van der Waals surface area contributed by atoms with Gasteiger partial charge in [-0.25, -0.2) is 4.39 Å². The summed E-state index contributed by atoms with van der Waals surface area (Å²) in [7, 11) is 0. The summed E-state index contributed by atoms with van der Waals surface area (Å²) in [6.07, 6.45) is 1.54. The fourth-order valence-corrected chi connectivity index (χ4v) is 2.09. The van der Waals surface area contributed by atoms with E-state index in [9.17, 15) is 9.18 Å². The third kappa shape index (κ3) is 3.68. The van der Waals surface area contributed by atoms with E-state index in [1.54, 1.807) is 19.1 Å². The van der Waals surface area contributed by atoms with Gasteiger partial charge in [-0.15, -0.1) is 12.4 Å². The number of benzene rings is 1. The van der Waals surface area contributed by atoms with E-state index in [0.717, 1.165) is 19.5 Å². The third-order valence-corrected chi connectivity index (χ3v) is 3.18. The van der Waals surface area contributed by atoms with Gasteiger partial charge < -0.3 is 10.6 Å². The highest BCUT2D eigenvalue weighted by atomic mass is 35.5. The van der Waals surface area contributed by atoms with Gasteiger partial charge >= 0.3 is 0 Å². The van der Waals surface area contributed by atoms with E-state index in [-0.39, 0.29) is 24.1 Å². The molecule has 0 aliphatic carbocycles. The average Bonchev–Trinajstić information content (AvgIpc) is 2.77. The topological polar surface area (TPSA) is 41.1 Å². The van der Waals surface area contributed by atoms with Crippen LogP contribution in [0.3, 0.4) is 0 Å². The number of hydrogen-bond acceptors (Lipinski definition) is 2. The lowest BCUT2D eigenvalue weighted by atomic mass is 10.0. The molecule has 0 radical (unpaired) electrons. The van der Waals surface area contributed by atoms with Crippen molar-refractivity contribution in [3.63, 3.8) is 0 Å². The van der Waals surface area contributed by atoms with Crippen LogP contribution in [0.25, 0.3) is 0 Å². The minimum atomic E-state index is -0.287. The molecule has 2 N–H and O–H groups in total. The Bertz CT molecular complexity index is 419. The first-order chi connectivity index (χ1) is 8.16. The molecule has 3 nitrogen and oxygen atoms in total. The summed E-state index contributed by atoms with van der Waals surface area (Å²) in [5.41, 5.74) is 1.06. The minimum absolute atomic E-state index is 0. The van der Waals surface area contributed by atoms with E-state index in [2.05, 4.69) is 10.6 Å². The van der Waals surface area contributed by atoms with Gasteiger partial charge in [0.25, 0.3) is 0 Å². The Balaban J connectivity index is 0.00000162. The normalized spacial score (nSPS) is 18.2. The molecule has 1 saturated heterocycles. The Kier molecular flexibility index (Phi) is 5.56. The second-order valence-electron chi connectivity index (χ2n) is 4.52. The largest absolute Gasteiger partial charge is 0.326 e. The summed E-state index contributed by atoms with van der Waals surface area (Å²) in [6, 6.07) is 4.73. The van der Waals surface area contributed by atoms with Crippen molar-refractivity contribution in [2.45, 2.75) is 19.8 Å². The molecule has 0 saturated carbocycles. The summed E-state index contributed by atoms with van der Waals surface area (Å²) < 4.78 is 13.3. The monoisotopic (exact) mass is 272 g/mol. The molecule has 1 aromatic carbocycles. The van der Waals surface area contributed by atoms with Crippen LogP contribution < -0.4 is 10.6 Å². The van der Waals surface area contributed by atoms with Gasteiger partial charge in [0.1, 0.15) is 5.82 Å². The maximum atomic E-state index is 13.3. The van der Waals surface area contributed by atoms with E-state index in [1.807, 2.05) is 0 Å². The van der Waals surface area contributed by atoms with E-state index < -0.39 is 0 Å². The smallest absolute Gasteiger partial charge is 0.224 e. The quantitative estimate of drug-likeness (QED) is 0.888. The molecule has 0 spiro atoms. The Morgan fingerprint density at radius 1 is 1.56 bits per heavy atom. The molecule has 1 unspecified atom stereocenters. The number of anilines is 1. The lowest BCUT2D eigenvalue weighted by Gasteiger charge is -2.11. The van der Waals surface area contributed by atoms with Gasteiger partial charge in [-0.2, -0.15) is 0 Å². The molecule has 0 aromatic heterocycles. The molecule has 1 aliphatic rings. The average molecular weight is 273 g/mol. The van der Waals surface area contributed by atoms with Gasteiger partial charge in [0.2, 0.25) is 5.91 Å². The first kappa shape index (κ1) is 14.9. The van der Waals surface area contributed by atoms with Crippen LogP contribution in [-0.2, 0) is 4.79 Å². The highest BCUT2D eigenvalue weighted by molar-refractivity contribution is 5.91. The van der Waals surface area contributed by atoms with E-state index in [4.69, 9.17) is 0 Å². The first-order valence-electron chi connectivity index (χ1n) is 5.92. The predicted molar refractivity (Wildman–Crippen MR) is 72.6 cm³/mol. The second-order valence-corrected chi connectivity index (χ2v) is 4.52. The summed E-state index contributed by atoms with van der Waals surface area (Å²) >= 11 is 0. The minimum Gasteiger partial charge on any atom is -0.326 e. The molecule has 18 heavy (non-hydrogen) atoms. The predicted octanol–water partition coefficient (Wildman–Crippen LogP) is 2.49. The SMILES string of the molecule is Cc1c(F)cccc1NC(=O)CC1CCNC1.Cl. The van der Waals surface area contributed by atoms with E-state index in [1.165, 1.54) is 6.07 Å². The number of hydrogen-bond donors (Lipinski definition) is 2. The summed E-state index contributed by atoms with van der Waals surface area (Å²) in [5.74, 6) is 0.0848. The van der Waals surface area contributed by atoms with Crippen LogP contribution >= 0.6 is 12.4 Å². The van der Waals surface area contributed by atoms with Crippen molar-refractivity contribution in [2.75, 3.05) is 18.4 Å². The Morgan fingerprint density at radius 3 is 3.00 bits per heavy atom. The van der Waals surface area contributed by atoms with Gasteiger partial charge in [0, 0.05) is 17.7 Å². The molecule has 1 aromatic rings. The molecule has 5 heteroatoms. The van der Waals surface area contributed by atoms with Crippen LogP contribution in [0.15, 0.2) is 18.2 Å². The van der Waals surface area contributed by atoms with Crippen molar-refractivity contribution in [1.82, 2.24) is 5.32 Å². The zero-order chi connectivity index (χ0) is 12.3. The van der Waals surface area contributed by atoms with Gasteiger partial charge in [-0.3, -0.25) is 4.79 Å². The van der Waals surface area contributed by atoms with Crippen molar-refractivity contribution in [1.29, 1.82) is 0 Å². The molecule has 100 valence electrons. The number of amides is 1. The number of carbonyl (C=O) groups is 1. The maximum absolute atomic E-state index is 13.3. The van der Waals surface area contributed by atoms with Crippen molar-refractivity contribution >= 4 is 24.0 Å². The fraction of sp³-hybridized carbons (Fsp3) is 0.462. The number of rotatable bonds is 3. The third-order valence-electron chi connectivity index (χ3n) is 3.18. The molecule has 1 fully saturated rings. The number of nitrogens with one attached hydrogen (secondary N) is 2. The van der Waals surface area contributed by atoms with Crippen molar-refractivity contribution in [2.24, 2.45) is 5.92 Å². The molecule has 0 bridgehead atoms. The second kappa shape index (κ2) is 6.71. The molecule has 1 aliphatic heterocycles. The van der Waals surface area contributed by atoms with Crippen LogP contribution in [0, 0.1) is 18.7 Å². The lowest BCUT2D eigenvalue weighted by molar-refractivity contribution is -0.116. The maximum Gasteiger partial charge on any atom is 0.224 e. The van der Waals surface area contributed by atoms with Gasteiger partial charge in [0.15, 0.2) is 0 Å². The summed E-state index contributed by atoms with van der Waals surface area (Å²) in [4.78, 5) is 11.8.